The second kappa shape index (κ2) is 8.41. The Morgan fingerprint density at radius 2 is 2.32 bits per heavy atom. The molecule has 0 saturated carbocycles. The summed E-state index contributed by atoms with van der Waals surface area (Å²) in [7, 11) is 3.46. The standard InChI is InChI=1S/C12H21N5O2/c1-17(9-12(18)14-6-7-19-2)8-10-4-3-5-11(15-10)16-13/h3-5H,6-9,13H2,1-2H3,(H,14,18)(H,15,16). The number of pyridine rings is 1. The fourth-order valence-corrected chi connectivity index (χ4v) is 1.57. The highest BCUT2D eigenvalue weighted by molar-refractivity contribution is 5.77. The summed E-state index contributed by atoms with van der Waals surface area (Å²) in [6.45, 7) is 1.92. The highest BCUT2D eigenvalue weighted by Crippen LogP contribution is 2.05. The summed E-state index contributed by atoms with van der Waals surface area (Å²) in [6, 6.07) is 5.53. The van der Waals surface area contributed by atoms with E-state index in [-0.39, 0.29) is 5.91 Å². The third-order valence-electron chi connectivity index (χ3n) is 2.43. The average molecular weight is 267 g/mol. The first-order valence-corrected chi connectivity index (χ1v) is 6.02. The molecule has 0 aliphatic rings. The number of nitrogens with zero attached hydrogens (tertiary/aromatic N) is 2. The van der Waals surface area contributed by atoms with Crippen LogP contribution in [0.2, 0.25) is 0 Å². The van der Waals surface area contributed by atoms with Crippen LogP contribution >= 0.6 is 0 Å². The Bertz CT molecular complexity index is 399. The minimum atomic E-state index is -0.0346. The van der Waals surface area contributed by atoms with Crippen LogP contribution in [0.25, 0.3) is 0 Å². The maximum atomic E-state index is 11.6. The number of nitrogens with two attached hydrogens (primary N) is 1. The number of nitrogen functional groups attached to an aromatic ring is 1. The van der Waals surface area contributed by atoms with Gasteiger partial charge < -0.3 is 15.5 Å². The number of methoxy groups -OCH3 is 1. The van der Waals surface area contributed by atoms with Crippen LogP contribution in [0.4, 0.5) is 5.82 Å². The Morgan fingerprint density at radius 1 is 1.53 bits per heavy atom. The Kier molecular flexibility index (Phi) is 6.80. The first-order chi connectivity index (χ1) is 9.15. The molecule has 0 aromatic carbocycles. The third-order valence-corrected chi connectivity index (χ3v) is 2.43. The molecule has 4 N–H and O–H groups in total. The quantitative estimate of drug-likeness (QED) is 0.336. The number of rotatable bonds is 8. The van der Waals surface area contributed by atoms with Crippen LogP contribution in [-0.2, 0) is 16.1 Å². The first kappa shape index (κ1) is 15.4. The van der Waals surface area contributed by atoms with Crippen molar-refractivity contribution in [1.82, 2.24) is 15.2 Å². The molecule has 0 saturated heterocycles. The maximum absolute atomic E-state index is 11.6. The molecule has 106 valence electrons. The molecule has 0 atom stereocenters. The van der Waals surface area contributed by atoms with E-state index in [0.29, 0.717) is 32.1 Å². The highest BCUT2D eigenvalue weighted by atomic mass is 16.5. The van der Waals surface area contributed by atoms with Crippen molar-refractivity contribution in [2.24, 2.45) is 5.84 Å². The number of anilines is 1. The largest absolute Gasteiger partial charge is 0.383 e. The molecule has 0 bridgehead atoms. The van der Waals surface area contributed by atoms with Crippen LogP contribution in [0.3, 0.4) is 0 Å². The van der Waals surface area contributed by atoms with Gasteiger partial charge in [0.2, 0.25) is 5.91 Å². The molecular formula is C12H21N5O2. The highest BCUT2D eigenvalue weighted by Gasteiger charge is 2.07. The molecule has 0 unspecified atom stereocenters. The number of carbonyl (C=O) groups excluding carboxylic acids is 1. The van der Waals surface area contributed by atoms with Crippen molar-refractivity contribution >= 4 is 11.7 Å². The monoisotopic (exact) mass is 267 g/mol. The first-order valence-electron chi connectivity index (χ1n) is 6.02. The predicted octanol–water partition coefficient (Wildman–Crippen LogP) is -0.438. The van der Waals surface area contributed by atoms with Gasteiger partial charge in [0.05, 0.1) is 18.8 Å². The van der Waals surface area contributed by atoms with Gasteiger partial charge >= 0.3 is 0 Å². The van der Waals surface area contributed by atoms with Crippen LogP contribution < -0.4 is 16.6 Å². The van der Waals surface area contributed by atoms with Crippen LogP contribution in [0.1, 0.15) is 5.69 Å². The molecule has 19 heavy (non-hydrogen) atoms. The number of amides is 1. The number of hydrazine groups is 1. The van der Waals surface area contributed by atoms with E-state index in [1.165, 1.54) is 0 Å². The van der Waals surface area contributed by atoms with Crippen molar-refractivity contribution in [2.45, 2.75) is 6.54 Å². The van der Waals surface area contributed by atoms with Gasteiger partial charge in [0.25, 0.3) is 0 Å². The molecule has 1 rings (SSSR count). The van der Waals surface area contributed by atoms with Crippen LogP contribution in [0, 0.1) is 0 Å². The van der Waals surface area contributed by atoms with Crippen molar-refractivity contribution in [3.63, 3.8) is 0 Å². The lowest BCUT2D eigenvalue weighted by Gasteiger charge is -2.16. The molecular weight excluding hydrogens is 246 g/mol. The van der Waals surface area contributed by atoms with Gasteiger partial charge in [0.1, 0.15) is 5.82 Å². The number of carbonyl (C=O) groups is 1. The van der Waals surface area contributed by atoms with Gasteiger partial charge in [-0.1, -0.05) is 6.07 Å². The zero-order valence-electron chi connectivity index (χ0n) is 11.3. The SMILES string of the molecule is COCCNC(=O)CN(C)Cc1cccc(NN)n1. The number of aromatic nitrogens is 1. The topological polar surface area (TPSA) is 92.5 Å². The molecule has 0 fully saturated rings. The van der Waals surface area contributed by atoms with Crippen molar-refractivity contribution in [3.8, 4) is 0 Å². The van der Waals surface area contributed by atoms with Gasteiger partial charge in [-0.3, -0.25) is 9.69 Å². The van der Waals surface area contributed by atoms with Crippen LogP contribution in [-0.4, -0.2) is 49.6 Å². The lowest BCUT2D eigenvalue weighted by atomic mass is 10.3. The van der Waals surface area contributed by atoms with Gasteiger partial charge in [-0.25, -0.2) is 10.8 Å². The van der Waals surface area contributed by atoms with E-state index in [1.54, 1.807) is 13.2 Å². The van der Waals surface area contributed by atoms with E-state index in [0.717, 1.165) is 5.69 Å². The van der Waals surface area contributed by atoms with E-state index >= 15 is 0 Å². The lowest BCUT2D eigenvalue weighted by Crippen LogP contribution is -2.36. The van der Waals surface area contributed by atoms with E-state index in [4.69, 9.17) is 10.6 Å². The van der Waals surface area contributed by atoms with Crippen LogP contribution in [0.5, 0.6) is 0 Å². The Morgan fingerprint density at radius 3 is 3.00 bits per heavy atom. The van der Waals surface area contributed by atoms with Gasteiger partial charge in [0, 0.05) is 20.2 Å². The van der Waals surface area contributed by atoms with Crippen LogP contribution in [0.15, 0.2) is 18.2 Å². The summed E-state index contributed by atoms with van der Waals surface area (Å²) in [6.07, 6.45) is 0. The summed E-state index contributed by atoms with van der Waals surface area (Å²) in [5.74, 6) is 5.87. The van der Waals surface area contributed by atoms with Gasteiger partial charge in [-0.2, -0.15) is 0 Å². The zero-order valence-corrected chi connectivity index (χ0v) is 11.3. The maximum Gasteiger partial charge on any atom is 0.234 e. The van der Waals surface area contributed by atoms with Gasteiger partial charge in [-0.15, -0.1) is 0 Å². The second-order valence-electron chi connectivity index (χ2n) is 4.17. The van der Waals surface area contributed by atoms with Gasteiger partial charge in [0.15, 0.2) is 0 Å². The average Bonchev–Trinajstić information content (AvgIpc) is 2.39. The number of hydrogen-bond acceptors (Lipinski definition) is 6. The fourth-order valence-electron chi connectivity index (χ4n) is 1.57. The van der Waals surface area contributed by atoms with Crippen molar-refractivity contribution in [2.75, 3.05) is 39.3 Å². The second-order valence-corrected chi connectivity index (χ2v) is 4.17. The number of likely N-dealkylation sites (N-methyl/N-ethyl adjacent to an activating group) is 1. The zero-order chi connectivity index (χ0) is 14.1. The smallest absolute Gasteiger partial charge is 0.234 e. The number of hydrogen-bond donors (Lipinski definition) is 3. The van der Waals surface area contributed by atoms with E-state index in [1.807, 2.05) is 24.1 Å². The molecule has 7 heteroatoms. The molecule has 0 aliphatic heterocycles. The minimum absolute atomic E-state index is 0.0346. The molecule has 1 amide bonds. The van der Waals surface area contributed by atoms with Crippen molar-refractivity contribution in [1.29, 1.82) is 0 Å². The van der Waals surface area contributed by atoms with Crippen molar-refractivity contribution < 1.29 is 9.53 Å². The predicted molar refractivity (Wildman–Crippen MR) is 73.3 cm³/mol. The number of nitrogens with one attached hydrogen (secondary N) is 2. The van der Waals surface area contributed by atoms with Gasteiger partial charge in [-0.05, 0) is 19.2 Å². The van der Waals surface area contributed by atoms with E-state index in [2.05, 4.69) is 15.7 Å². The molecule has 1 aromatic heterocycles. The molecule has 7 nitrogen and oxygen atoms in total. The Hall–Kier alpha value is -1.70. The Balaban J connectivity index is 2.37. The minimum Gasteiger partial charge on any atom is -0.383 e. The van der Waals surface area contributed by atoms with Crippen molar-refractivity contribution in [3.05, 3.63) is 23.9 Å². The fraction of sp³-hybridized carbons (Fsp3) is 0.500. The normalized spacial score (nSPS) is 10.5. The molecule has 0 aliphatic carbocycles. The summed E-state index contributed by atoms with van der Waals surface area (Å²) >= 11 is 0. The third kappa shape index (κ3) is 6.14. The number of ether oxygens (including phenoxy) is 1. The summed E-state index contributed by atoms with van der Waals surface area (Å²) < 4.78 is 4.86. The molecule has 1 heterocycles. The Labute approximate surface area is 113 Å². The van der Waals surface area contributed by atoms with E-state index < -0.39 is 0 Å². The van der Waals surface area contributed by atoms with E-state index in [9.17, 15) is 4.79 Å². The summed E-state index contributed by atoms with van der Waals surface area (Å²) in [5, 5.41) is 2.76. The summed E-state index contributed by atoms with van der Waals surface area (Å²) in [5.41, 5.74) is 3.34. The molecule has 0 radical (unpaired) electrons. The molecule has 0 spiro atoms. The molecule has 1 aromatic rings. The summed E-state index contributed by atoms with van der Waals surface area (Å²) in [4.78, 5) is 17.7. The lowest BCUT2D eigenvalue weighted by molar-refractivity contribution is -0.122.